The number of piperidine rings is 1. The van der Waals surface area contributed by atoms with Gasteiger partial charge in [0.15, 0.2) is 0 Å². The van der Waals surface area contributed by atoms with Gasteiger partial charge in [0, 0.05) is 24.8 Å². The Morgan fingerprint density at radius 1 is 1.20 bits per heavy atom. The van der Waals surface area contributed by atoms with E-state index < -0.39 is 0 Å². The fraction of sp³-hybridized carbons (Fsp3) is 0.421. The first-order chi connectivity index (χ1) is 12.2. The van der Waals surface area contributed by atoms with Gasteiger partial charge in [-0.3, -0.25) is 0 Å². The van der Waals surface area contributed by atoms with Crippen molar-refractivity contribution in [3.05, 3.63) is 41.6 Å². The van der Waals surface area contributed by atoms with E-state index in [1.165, 1.54) is 19.3 Å². The fourth-order valence-corrected chi connectivity index (χ4v) is 2.99. The van der Waals surface area contributed by atoms with Crippen LogP contribution < -0.4 is 10.2 Å². The van der Waals surface area contributed by atoms with Gasteiger partial charge in [-0.25, -0.2) is 9.78 Å². The van der Waals surface area contributed by atoms with Crippen LogP contribution in [0.2, 0.25) is 0 Å². The molecule has 0 spiro atoms. The van der Waals surface area contributed by atoms with Crippen LogP contribution in [0.5, 0.6) is 0 Å². The number of rotatable bonds is 5. The van der Waals surface area contributed by atoms with Crippen molar-refractivity contribution in [2.24, 2.45) is 0 Å². The first-order valence-electron chi connectivity index (χ1n) is 8.81. The average molecular weight is 340 g/mol. The summed E-state index contributed by atoms with van der Waals surface area (Å²) in [6.07, 6.45) is 3.66. The van der Waals surface area contributed by atoms with Gasteiger partial charge in [-0.1, -0.05) is 12.1 Å². The second-order valence-electron chi connectivity index (χ2n) is 6.13. The van der Waals surface area contributed by atoms with E-state index in [0.29, 0.717) is 23.8 Å². The standard InChI is InChI=1S/C19H24N4O2/c1-3-25-18(24)15-9-5-6-10-16(15)21-19-20-14(2)13-17(22-19)23-11-7-4-8-12-23/h5-6,9-10,13H,3-4,7-8,11-12H2,1-2H3,(H,20,21,22). The normalized spacial score (nSPS) is 14.2. The van der Waals surface area contributed by atoms with Crippen molar-refractivity contribution in [1.82, 2.24) is 9.97 Å². The summed E-state index contributed by atoms with van der Waals surface area (Å²) >= 11 is 0. The van der Waals surface area contributed by atoms with E-state index in [1.54, 1.807) is 13.0 Å². The number of benzene rings is 1. The van der Waals surface area contributed by atoms with Gasteiger partial charge in [0.1, 0.15) is 5.82 Å². The molecule has 0 aliphatic carbocycles. The summed E-state index contributed by atoms with van der Waals surface area (Å²) in [4.78, 5) is 23.5. The molecule has 0 saturated carbocycles. The van der Waals surface area contributed by atoms with Gasteiger partial charge in [0.2, 0.25) is 5.95 Å². The molecule has 3 rings (SSSR count). The maximum atomic E-state index is 12.1. The number of carbonyl (C=O) groups excluding carboxylic acids is 1. The van der Waals surface area contributed by atoms with Crippen LogP contribution in [-0.2, 0) is 4.74 Å². The molecular weight excluding hydrogens is 316 g/mol. The van der Waals surface area contributed by atoms with Gasteiger partial charge in [0.25, 0.3) is 0 Å². The molecule has 6 heteroatoms. The molecule has 25 heavy (non-hydrogen) atoms. The number of carbonyl (C=O) groups is 1. The summed E-state index contributed by atoms with van der Waals surface area (Å²) < 4.78 is 5.12. The molecule has 0 amide bonds. The zero-order valence-corrected chi connectivity index (χ0v) is 14.8. The van der Waals surface area contributed by atoms with Crippen molar-refractivity contribution in [3.63, 3.8) is 0 Å². The van der Waals surface area contributed by atoms with Crippen molar-refractivity contribution in [1.29, 1.82) is 0 Å². The lowest BCUT2D eigenvalue weighted by molar-refractivity contribution is 0.0527. The number of hydrogen-bond donors (Lipinski definition) is 1. The van der Waals surface area contributed by atoms with E-state index in [1.807, 2.05) is 31.2 Å². The lowest BCUT2D eigenvalue weighted by Crippen LogP contribution is -2.30. The van der Waals surface area contributed by atoms with Crippen LogP contribution in [0.15, 0.2) is 30.3 Å². The van der Waals surface area contributed by atoms with E-state index in [4.69, 9.17) is 4.74 Å². The Bertz CT molecular complexity index is 742. The number of nitrogens with zero attached hydrogens (tertiary/aromatic N) is 3. The molecule has 1 aromatic carbocycles. The highest BCUT2D eigenvalue weighted by atomic mass is 16.5. The van der Waals surface area contributed by atoms with Gasteiger partial charge in [0.05, 0.1) is 17.9 Å². The third kappa shape index (κ3) is 4.26. The number of aromatic nitrogens is 2. The largest absolute Gasteiger partial charge is 0.462 e. The van der Waals surface area contributed by atoms with Crippen LogP contribution in [0.3, 0.4) is 0 Å². The average Bonchev–Trinajstić information content (AvgIpc) is 2.62. The second kappa shape index (κ2) is 7.96. The van der Waals surface area contributed by atoms with E-state index in [0.717, 1.165) is 24.6 Å². The topological polar surface area (TPSA) is 67.3 Å². The first kappa shape index (κ1) is 17.2. The number of aryl methyl sites for hydroxylation is 1. The highest BCUT2D eigenvalue weighted by Crippen LogP contribution is 2.23. The molecule has 6 nitrogen and oxygen atoms in total. The Morgan fingerprint density at radius 2 is 1.96 bits per heavy atom. The summed E-state index contributed by atoms with van der Waals surface area (Å²) in [7, 11) is 0. The molecule has 1 aliphatic heterocycles. The van der Waals surface area contributed by atoms with Crippen LogP contribution in [0.25, 0.3) is 0 Å². The van der Waals surface area contributed by atoms with Crippen molar-refractivity contribution >= 4 is 23.4 Å². The minimum atomic E-state index is -0.352. The molecule has 2 aromatic rings. The molecular formula is C19H24N4O2. The SMILES string of the molecule is CCOC(=O)c1ccccc1Nc1nc(C)cc(N2CCCCC2)n1. The van der Waals surface area contributed by atoms with Gasteiger partial charge < -0.3 is 15.0 Å². The maximum absolute atomic E-state index is 12.1. The predicted octanol–water partition coefficient (Wildman–Crippen LogP) is 3.70. The van der Waals surface area contributed by atoms with Crippen molar-refractivity contribution in [2.75, 3.05) is 29.9 Å². The third-order valence-electron chi connectivity index (χ3n) is 4.19. The van der Waals surface area contributed by atoms with Crippen molar-refractivity contribution < 1.29 is 9.53 Å². The number of anilines is 3. The third-order valence-corrected chi connectivity index (χ3v) is 4.19. The summed E-state index contributed by atoms with van der Waals surface area (Å²) in [6.45, 7) is 6.14. The van der Waals surface area contributed by atoms with Gasteiger partial charge >= 0.3 is 5.97 Å². The zero-order valence-electron chi connectivity index (χ0n) is 14.8. The summed E-state index contributed by atoms with van der Waals surface area (Å²) in [5.41, 5.74) is 2.02. The smallest absolute Gasteiger partial charge is 0.340 e. The molecule has 0 radical (unpaired) electrons. The van der Waals surface area contributed by atoms with Crippen molar-refractivity contribution in [2.45, 2.75) is 33.1 Å². The maximum Gasteiger partial charge on any atom is 0.340 e. The molecule has 1 aromatic heterocycles. The number of hydrogen-bond acceptors (Lipinski definition) is 6. The summed E-state index contributed by atoms with van der Waals surface area (Å²) in [5.74, 6) is 1.08. The molecule has 132 valence electrons. The van der Waals surface area contributed by atoms with Crippen LogP contribution >= 0.6 is 0 Å². The highest BCUT2D eigenvalue weighted by Gasteiger charge is 2.16. The van der Waals surface area contributed by atoms with Crippen LogP contribution in [0, 0.1) is 6.92 Å². The molecule has 1 saturated heterocycles. The number of nitrogens with one attached hydrogen (secondary N) is 1. The Morgan fingerprint density at radius 3 is 2.72 bits per heavy atom. The minimum absolute atomic E-state index is 0.340. The summed E-state index contributed by atoms with van der Waals surface area (Å²) in [5, 5.41) is 3.18. The molecule has 0 unspecified atom stereocenters. The van der Waals surface area contributed by atoms with Crippen LogP contribution in [-0.4, -0.2) is 35.6 Å². The van der Waals surface area contributed by atoms with Gasteiger partial charge in [-0.2, -0.15) is 4.98 Å². The second-order valence-corrected chi connectivity index (χ2v) is 6.13. The predicted molar refractivity (Wildman–Crippen MR) is 98.5 cm³/mol. The first-order valence-corrected chi connectivity index (χ1v) is 8.81. The molecule has 0 atom stereocenters. The van der Waals surface area contributed by atoms with Crippen molar-refractivity contribution in [3.8, 4) is 0 Å². The molecule has 0 bridgehead atoms. The molecule has 1 aliphatic rings. The molecule has 2 heterocycles. The zero-order chi connectivity index (χ0) is 17.6. The Balaban J connectivity index is 1.86. The molecule has 1 N–H and O–H groups in total. The highest BCUT2D eigenvalue weighted by molar-refractivity contribution is 5.96. The quantitative estimate of drug-likeness (QED) is 0.837. The van der Waals surface area contributed by atoms with E-state index in [9.17, 15) is 4.79 Å². The van der Waals surface area contributed by atoms with Crippen LogP contribution in [0.1, 0.15) is 42.2 Å². The lowest BCUT2D eigenvalue weighted by atomic mass is 10.1. The monoisotopic (exact) mass is 340 g/mol. The van der Waals surface area contributed by atoms with E-state index >= 15 is 0 Å². The fourth-order valence-electron chi connectivity index (χ4n) is 2.99. The van der Waals surface area contributed by atoms with E-state index in [-0.39, 0.29) is 5.97 Å². The Kier molecular flexibility index (Phi) is 5.48. The molecule has 1 fully saturated rings. The van der Waals surface area contributed by atoms with Crippen LogP contribution in [0.4, 0.5) is 17.5 Å². The Hall–Kier alpha value is -2.63. The number of para-hydroxylation sites is 1. The summed E-state index contributed by atoms with van der Waals surface area (Å²) in [6, 6.07) is 9.26. The Labute approximate surface area is 148 Å². The lowest BCUT2D eigenvalue weighted by Gasteiger charge is -2.28. The van der Waals surface area contributed by atoms with E-state index in [2.05, 4.69) is 20.2 Å². The number of ether oxygens (including phenoxy) is 1. The number of esters is 1. The van der Waals surface area contributed by atoms with Gasteiger partial charge in [-0.05, 0) is 45.2 Å². The van der Waals surface area contributed by atoms with Gasteiger partial charge in [-0.15, -0.1) is 0 Å². The minimum Gasteiger partial charge on any atom is -0.462 e.